The van der Waals surface area contributed by atoms with Crippen molar-refractivity contribution in [3.63, 3.8) is 0 Å². The van der Waals surface area contributed by atoms with E-state index in [1.807, 2.05) is 0 Å². The van der Waals surface area contributed by atoms with E-state index >= 15 is 0 Å². The van der Waals surface area contributed by atoms with E-state index in [1.165, 1.54) is 24.0 Å². The molecule has 0 spiro atoms. The van der Waals surface area contributed by atoms with Gasteiger partial charge in [-0.1, -0.05) is 24.3 Å². The molecule has 0 fully saturated rings. The number of benzene rings is 1. The number of aryl methyl sites for hydroxylation is 1. The lowest BCUT2D eigenvalue weighted by atomic mass is 10.1. The van der Waals surface area contributed by atoms with E-state index in [-0.39, 0.29) is 0 Å². The Balaban J connectivity index is 1.92. The molecule has 2 atom stereocenters. The molecule has 0 saturated heterocycles. The van der Waals surface area contributed by atoms with Crippen LogP contribution in [0.5, 0.6) is 0 Å². The number of aliphatic hydroxyl groups is 1. The first-order chi connectivity index (χ1) is 7.81. The van der Waals surface area contributed by atoms with Crippen LogP contribution in [0.1, 0.15) is 43.4 Å². The molecular weight excluding hydrogens is 198 g/mol. The molecule has 0 amide bonds. The Labute approximate surface area is 97.7 Å². The summed E-state index contributed by atoms with van der Waals surface area (Å²) in [4.78, 5) is 0. The van der Waals surface area contributed by atoms with Gasteiger partial charge in [-0.2, -0.15) is 0 Å². The van der Waals surface area contributed by atoms with E-state index in [9.17, 15) is 0 Å². The van der Waals surface area contributed by atoms with Gasteiger partial charge in [0.15, 0.2) is 0 Å². The maximum absolute atomic E-state index is 8.81. The fourth-order valence-corrected chi connectivity index (χ4v) is 2.55. The minimum absolute atomic E-state index is 0.299. The SMILES string of the molecule is CC(CCCO)NC1CCc2ccccc21. The van der Waals surface area contributed by atoms with Crippen LogP contribution in [0.3, 0.4) is 0 Å². The molecule has 2 heteroatoms. The van der Waals surface area contributed by atoms with E-state index < -0.39 is 0 Å². The number of rotatable bonds is 5. The zero-order valence-electron chi connectivity index (χ0n) is 9.95. The summed E-state index contributed by atoms with van der Waals surface area (Å²) in [5, 5.41) is 12.5. The van der Waals surface area contributed by atoms with Crippen LogP contribution in [0.25, 0.3) is 0 Å². The summed E-state index contributed by atoms with van der Waals surface area (Å²) in [6.07, 6.45) is 4.35. The predicted molar refractivity (Wildman–Crippen MR) is 66.4 cm³/mol. The lowest BCUT2D eigenvalue weighted by Crippen LogP contribution is -2.29. The number of hydrogen-bond donors (Lipinski definition) is 2. The molecule has 2 N–H and O–H groups in total. The van der Waals surface area contributed by atoms with Gasteiger partial charge in [0, 0.05) is 18.7 Å². The highest BCUT2D eigenvalue weighted by atomic mass is 16.2. The number of hydrogen-bond acceptors (Lipinski definition) is 2. The van der Waals surface area contributed by atoms with Crippen LogP contribution in [-0.2, 0) is 6.42 Å². The lowest BCUT2D eigenvalue weighted by Gasteiger charge is -2.20. The summed E-state index contributed by atoms with van der Waals surface area (Å²) in [5.74, 6) is 0. The van der Waals surface area contributed by atoms with Crippen molar-refractivity contribution < 1.29 is 5.11 Å². The van der Waals surface area contributed by atoms with Gasteiger partial charge in [0.05, 0.1) is 0 Å². The van der Waals surface area contributed by atoms with Gasteiger partial charge in [-0.25, -0.2) is 0 Å². The molecule has 0 saturated carbocycles. The van der Waals surface area contributed by atoms with Crippen molar-refractivity contribution in [1.29, 1.82) is 0 Å². The van der Waals surface area contributed by atoms with Crippen LogP contribution in [0.4, 0.5) is 0 Å². The normalized spacial score (nSPS) is 20.8. The van der Waals surface area contributed by atoms with Gasteiger partial charge >= 0.3 is 0 Å². The summed E-state index contributed by atoms with van der Waals surface area (Å²) < 4.78 is 0. The first-order valence-corrected chi connectivity index (χ1v) is 6.26. The van der Waals surface area contributed by atoms with E-state index in [4.69, 9.17) is 5.11 Å². The summed E-state index contributed by atoms with van der Waals surface area (Å²) in [5.41, 5.74) is 2.97. The van der Waals surface area contributed by atoms with Gasteiger partial charge in [-0.3, -0.25) is 0 Å². The third-order valence-corrected chi connectivity index (χ3v) is 3.41. The van der Waals surface area contributed by atoms with Gasteiger partial charge in [-0.15, -0.1) is 0 Å². The maximum Gasteiger partial charge on any atom is 0.0431 e. The molecular formula is C14H21NO. The molecule has 0 aromatic heterocycles. The maximum atomic E-state index is 8.81. The lowest BCUT2D eigenvalue weighted by molar-refractivity contribution is 0.273. The summed E-state index contributed by atoms with van der Waals surface area (Å²) in [6, 6.07) is 9.72. The van der Waals surface area contributed by atoms with E-state index in [0.717, 1.165) is 12.8 Å². The zero-order valence-corrected chi connectivity index (χ0v) is 9.95. The standard InChI is InChI=1S/C14H21NO/c1-11(5-4-10-16)15-14-9-8-12-6-2-3-7-13(12)14/h2-3,6-7,11,14-16H,4-5,8-10H2,1H3. The van der Waals surface area contributed by atoms with Crippen LogP contribution >= 0.6 is 0 Å². The second-order valence-corrected chi connectivity index (χ2v) is 4.72. The van der Waals surface area contributed by atoms with Crippen molar-refractivity contribution in [3.05, 3.63) is 35.4 Å². The molecule has 0 aliphatic heterocycles. The summed E-state index contributed by atoms with van der Waals surface area (Å²) >= 11 is 0. The Bertz CT molecular complexity index is 337. The van der Waals surface area contributed by atoms with E-state index in [1.54, 1.807) is 0 Å². The van der Waals surface area contributed by atoms with Gasteiger partial charge in [-0.05, 0) is 43.7 Å². The molecule has 0 heterocycles. The van der Waals surface area contributed by atoms with Gasteiger partial charge < -0.3 is 10.4 Å². The van der Waals surface area contributed by atoms with Crippen LogP contribution in [-0.4, -0.2) is 17.8 Å². The van der Waals surface area contributed by atoms with Crippen LogP contribution in [0.2, 0.25) is 0 Å². The van der Waals surface area contributed by atoms with Crippen molar-refractivity contribution in [2.45, 2.75) is 44.7 Å². The average Bonchev–Trinajstić information content (AvgIpc) is 2.70. The minimum atomic E-state index is 0.299. The van der Waals surface area contributed by atoms with Crippen molar-refractivity contribution in [2.24, 2.45) is 0 Å². The monoisotopic (exact) mass is 219 g/mol. The molecule has 2 nitrogen and oxygen atoms in total. The number of fused-ring (bicyclic) bond motifs is 1. The molecule has 16 heavy (non-hydrogen) atoms. The highest BCUT2D eigenvalue weighted by Crippen LogP contribution is 2.31. The smallest absolute Gasteiger partial charge is 0.0431 e. The van der Waals surface area contributed by atoms with Gasteiger partial charge in [0.2, 0.25) is 0 Å². The van der Waals surface area contributed by atoms with Crippen LogP contribution in [0.15, 0.2) is 24.3 Å². The predicted octanol–water partition coefficient (Wildman–Crippen LogP) is 2.42. The Morgan fingerprint density at radius 3 is 3.06 bits per heavy atom. The molecule has 0 radical (unpaired) electrons. The van der Waals surface area contributed by atoms with Crippen LogP contribution < -0.4 is 5.32 Å². The second-order valence-electron chi connectivity index (χ2n) is 4.72. The first kappa shape index (κ1) is 11.6. The quantitative estimate of drug-likeness (QED) is 0.797. The molecule has 1 aromatic carbocycles. The van der Waals surface area contributed by atoms with Gasteiger partial charge in [0.25, 0.3) is 0 Å². The van der Waals surface area contributed by atoms with Crippen molar-refractivity contribution in [1.82, 2.24) is 5.32 Å². The minimum Gasteiger partial charge on any atom is -0.396 e. The van der Waals surface area contributed by atoms with Crippen molar-refractivity contribution in [3.8, 4) is 0 Å². The fraction of sp³-hybridized carbons (Fsp3) is 0.571. The third kappa shape index (κ3) is 2.63. The van der Waals surface area contributed by atoms with Crippen molar-refractivity contribution in [2.75, 3.05) is 6.61 Å². The average molecular weight is 219 g/mol. The number of aliphatic hydroxyl groups excluding tert-OH is 1. The summed E-state index contributed by atoms with van der Waals surface area (Å²) in [7, 11) is 0. The largest absolute Gasteiger partial charge is 0.396 e. The molecule has 0 bridgehead atoms. The molecule has 1 aromatic rings. The molecule has 2 rings (SSSR count). The Morgan fingerprint density at radius 1 is 1.44 bits per heavy atom. The molecule has 2 unspecified atom stereocenters. The Kier molecular flexibility index (Phi) is 3.97. The Hall–Kier alpha value is -0.860. The number of nitrogens with one attached hydrogen (secondary N) is 1. The fourth-order valence-electron chi connectivity index (χ4n) is 2.55. The Morgan fingerprint density at radius 2 is 2.25 bits per heavy atom. The summed E-state index contributed by atoms with van der Waals surface area (Å²) in [6.45, 7) is 2.50. The highest BCUT2D eigenvalue weighted by molar-refractivity contribution is 5.34. The third-order valence-electron chi connectivity index (χ3n) is 3.41. The molecule has 88 valence electrons. The van der Waals surface area contributed by atoms with Crippen molar-refractivity contribution >= 4 is 0 Å². The zero-order chi connectivity index (χ0) is 11.4. The van der Waals surface area contributed by atoms with E-state index in [2.05, 4.69) is 36.5 Å². The second kappa shape index (κ2) is 5.46. The topological polar surface area (TPSA) is 32.3 Å². The molecule has 1 aliphatic carbocycles. The highest BCUT2D eigenvalue weighted by Gasteiger charge is 2.22. The molecule has 1 aliphatic rings. The van der Waals surface area contributed by atoms with Gasteiger partial charge in [0.1, 0.15) is 0 Å². The van der Waals surface area contributed by atoms with E-state index in [0.29, 0.717) is 18.7 Å². The first-order valence-electron chi connectivity index (χ1n) is 6.26. The van der Waals surface area contributed by atoms with Crippen LogP contribution in [0, 0.1) is 0 Å².